The predicted octanol–water partition coefficient (Wildman–Crippen LogP) is 2.87. The van der Waals surface area contributed by atoms with Crippen LogP contribution < -0.4 is 5.32 Å². The van der Waals surface area contributed by atoms with Crippen molar-refractivity contribution in [3.63, 3.8) is 0 Å². The minimum absolute atomic E-state index is 0.177. The molecule has 3 nitrogen and oxygen atoms in total. The molecule has 1 aliphatic rings. The molecule has 0 radical (unpaired) electrons. The SMILES string of the molecule is CC(C)N(CC1CCCN1)C(=O)Cc1cccc(Cl)c1. The van der Waals surface area contributed by atoms with Crippen LogP contribution in [0.2, 0.25) is 5.02 Å². The summed E-state index contributed by atoms with van der Waals surface area (Å²) in [7, 11) is 0. The zero-order valence-electron chi connectivity index (χ0n) is 12.2. The van der Waals surface area contributed by atoms with Gasteiger partial charge >= 0.3 is 0 Å². The molecule has 0 aromatic heterocycles. The molecule has 4 heteroatoms. The maximum absolute atomic E-state index is 12.5. The average Bonchev–Trinajstić information content (AvgIpc) is 2.88. The third-order valence-corrected chi connectivity index (χ3v) is 4.00. The fourth-order valence-corrected chi connectivity index (χ4v) is 2.89. The zero-order valence-corrected chi connectivity index (χ0v) is 13.0. The first-order valence-corrected chi connectivity index (χ1v) is 7.71. The summed E-state index contributed by atoms with van der Waals surface area (Å²) in [6, 6.07) is 8.22. The predicted molar refractivity (Wildman–Crippen MR) is 83.0 cm³/mol. The lowest BCUT2D eigenvalue weighted by molar-refractivity contribution is -0.132. The van der Waals surface area contributed by atoms with Gasteiger partial charge in [0.15, 0.2) is 0 Å². The van der Waals surface area contributed by atoms with Crippen molar-refractivity contribution < 1.29 is 4.79 Å². The maximum atomic E-state index is 12.5. The van der Waals surface area contributed by atoms with E-state index >= 15 is 0 Å². The zero-order chi connectivity index (χ0) is 14.5. The van der Waals surface area contributed by atoms with Crippen molar-refractivity contribution in [3.8, 4) is 0 Å². The first kappa shape index (κ1) is 15.3. The molecule has 1 aromatic carbocycles. The number of hydrogen-bond donors (Lipinski definition) is 1. The van der Waals surface area contributed by atoms with Gasteiger partial charge < -0.3 is 10.2 Å². The summed E-state index contributed by atoms with van der Waals surface area (Å²) in [6.45, 7) is 6.02. The van der Waals surface area contributed by atoms with Gasteiger partial charge in [0.1, 0.15) is 0 Å². The van der Waals surface area contributed by atoms with E-state index in [9.17, 15) is 4.79 Å². The van der Waals surface area contributed by atoms with E-state index in [1.54, 1.807) is 0 Å². The van der Waals surface area contributed by atoms with Crippen molar-refractivity contribution in [2.45, 2.75) is 45.2 Å². The lowest BCUT2D eigenvalue weighted by atomic mass is 10.1. The molecule has 1 fully saturated rings. The third kappa shape index (κ3) is 4.22. The highest BCUT2D eigenvalue weighted by atomic mass is 35.5. The van der Waals surface area contributed by atoms with Gasteiger partial charge in [-0.25, -0.2) is 0 Å². The Balaban J connectivity index is 1.99. The molecule has 2 rings (SSSR count). The average molecular weight is 295 g/mol. The molecule has 1 aliphatic heterocycles. The number of rotatable bonds is 5. The van der Waals surface area contributed by atoms with E-state index in [0.29, 0.717) is 17.5 Å². The van der Waals surface area contributed by atoms with Crippen LogP contribution in [0.4, 0.5) is 0 Å². The summed E-state index contributed by atoms with van der Waals surface area (Å²) >= 11 is 5.97. The first-order chi connectivity index (χ1) is 9.56. The normalized spacial score (nSPS) is 18.5. The molecule has 1 aromatic rings. The largest absolute Gasteiger partial charge is 0.338 e. The number of benzene rings is 1. The van der Waals surface area contributed by atoms with E-state index in [-0.39, 0.29) is 11.9 Å². The van der Waals surface area contributed by atoms with Gasteiger partial charge in [-0.15, -0.1) is 0 Å². The molecule has 110 valence electrons. The van der Waals surface area contributed by atoms with Crippen LogP contribution in [0.5, 0.6) is 0 Å². The van der Waals surface area contributed by atoms with Crippen LogP contribution in [0.25, 0.3) is 0 Å². The van der Waals surface area contributed by atoms with Crippen LogP contribution >= 0.6 is 11.6 Å². The van der Waals surface area contributed by atoms with Gasteiger partial charge in [-0.3, -0.25) is 4.79 Å². The van der Waals surface area contributed by atoms with Crippen LogP contribution in [-0.4, -0.2) is 36.0 Å². The number of halogens is 1. The molecule has 1 unspecified atom stereocenters. The van der Waals surface area contributed by atoms with Crippen LogP contribution in [0.15, 0.2) is 24.3 Å². The Morgan fingerprint density at radius 2 is 2.30 bits per heavy atom. The molecule has 0 spiro atoms. The van der Waals surface area contributed by atoms with Crippen molar-refractivity contribution in [2.75, 3.05) is 13.1 Å². The summed E-state index contributed by atoms with van der Waals surface area (Å²) in [5, 5.41) is 4.14. The molecular formula is C16H23ClN2O. The van der Waals surface area contributed by atoms with Crippen LogP contribution in [0.1, 0.15) is 32.3 Å². The van der Waals surface area contributed by atoms with Gasteiger partial charge in [0, 0.05) is 23.7 Å². The first-order valence-electron chi connectivity index (χ1n) is 7.33. The molecule has 0 saturated carbocycles. The Hall–Kier alpha value is -1.06. The Labute approximate surface area is 126 Å². The maximum Gasteiger partial charge on any atom is 0.227 e. The molecule has 1 heterocycles. The fraction of sp³-hybridized carbons (Fsp3) is 0.562. The number of carbonyl (C=O) groups excluding carboxylic acids is 1. The Kier molecular flexibility index (Phi) is 5.44. The van der Waals surface area contributed by atoms with Gasteiger partial charge in [-0.1, -0.05) is 23.7 Å². The summed E-state index contributed by atoms with van der Waals surface area (Å²) < 4.78 is 0. The van der Waals surface area contributed by atoms with Crippen molar-refractivity contribution in [1.82, 2.24) is 10.2 Å². The van der Waals surface area contributed by atoms with Gasteiger partial charge in [0.05, 0.1) is 6.42 Å². The molecule has 0 bridgehead atoms. The van der Waals surface area contributed by atoms with E-state index in [1.807, 2.05) is 29.2 Å². The topological polar surface area (TPSA) is 32.3 Å². The molecule has 1 atom stereocenters. The molecule has 0 aliphatic carbocycles. The monoisotopic (exact) mass is 294 g/mol. The lowest BCUT2D eigenvalue weighted by Crippen LogP contribution is -2.45. The van der Waals surface area contributed by atoms with Gasteiger partial charge in [0.2, 0.25) is 5.91 Å². The highest BCUT2D eigenvalue weighted by molar-refractivity contribution is 6.30. The second-order valence-electron chi connectivity index (χ2n) is 5.74. The smallest absolute Gasteiger partial charge is 0.227 e. The van der Waals surface area contributed by atoms with Gasteiger partial charge in [-0.05, 0) is 50.9 Å². The summed E-state index contributed by atoms with van der Waals surface area (Å²) in [6.07, 6.45) is 2.79. The van der Waals surface area contributed by atoms with Crippen LogP contribution in [0.3, 0.4) is 0 Å². The Morgan fingerprint density at radius 1 is 1.50 bits per heavy atom. The van der Waals surface area contributed by atoms with Gasteiger partial charge in [0.25, 0.3) is 0 Å². The number of amides is 1. The molecule has 1 amide bonds. The van der Waals surface area contributed by atoms with Crippen molar-refractivity contribution in [1.29, 1.82) is 0 Å². The Morgan fingerprint density at radius 3 is 2.90 bits per heavy atom. The molecule has 1 N–H and O–H groups in total. The number of nitrogens with one attached hydrogen (secondary N) is 1. The number of nitrogens with zero attached hydrogens (tertiary/aromatic N) is 1. The highest BCUT2D eigenvalue weighted by Crippen LogP contribution is 2.14. The highest BCUT2D eigenvalue weighted by Gasteiger charge is 2.23. The molecular weight excluding hydrogens is 272 g/mol. The number of carbonyl (C=O) groups is 1. The second-order valence-corrected chi connectivity index (χ2v) is 6.18. The lowest BCUT2D eigenvalue weighted by Gasteiger charge is -2.29. The standard InChI is InChI=1S/C16H23ClN2O/c1-12(2)19(11-15-7-4-8-18-15)16(20)10-13-5-3-6-14(17)9-13/h3,5-6,9,12,15,18H,4,7-8,10-11H2,1-2H3. The van der Waals surface area contributed by atoms with E-state index in [4.69, 9.17) is 11.6 Å². The second kappa shape index (κ2) is 7.09. The minimum Gasteiger partial charge on any atom is -0.338 e. The van der Waals surface area contributed by atoms with Crippen molar-refractivity contribution >= 4 is 17.5 Å². The Bertz CT molecular complexity index is 456. The summed E-state index contributed by atoms with van der Waals surface area (Å²) in [5.74, 6) is 0.177. The molecule has 1 saturated heterocycles. The third-order valence-electron chi connectivity index (χ3n) is 3.77. The van der Waals surface area contributed by atoms with E-state index in [2.05, 4.69) is 19.2 Å². The number of hydrogen-bond acceptors (Lipinski definition) is 2. The van der Waals surface area contributed by atoms with E-state index in [1.165, 1.54) is 6.42 Å². The van der Waals surface area contributed by atoms with Crippen molar-refractivity contribution in [2.24, 2.45) is 0 Å². The minimum atomic E-state index is 0.177. The van der Waals surface area contributed by atoms with Crippen molar-refractivity contribution in [3.05, 3.63) is 34.9 Å². The van der Waals surface area contributed by atoms with E-state index < -0.39 is 0 Å². The molecule has 20 heavy (non-hydrogen) atoms. The quantitative estimate of drug-likeness (QED) is 0.906. The van der Waals surface area contributed by atoms with E-state index in [0.717, 1.165) is 25.1 Å². The summed E-state index contributed by atoms with van der Waals surface area (Å²) in [4.78, 5) is 14.5. The van der Waals surface area contributed by atoms with Crippen LogP contribution in [0, 0.1) is 0 Å². The fourth-order valence-electron chi connectivity index (χ4n) is 2.67. The summed E-state index contributed by atoms with van der Waals surface area (Å²) in [5.41, 5.74) is 0.979. The van der Waals surface area contributed by atoms with Gasteiger partial charge in [-0.2, -0.15) is 0 Å². The van der Waals surface area contributed by atoms with Crippen LogP contribution in [-0.2, 0) is 11.2 Å².